The zero-order valence-corrected chi connectivity index (χ0v) is 15.1. The Morgan fingerprint density at radius 3 is 2.07 bits per heavy atom. The lowest BCUT2D eigenvalue weighted by atomic mass is 9.91. The van der Waals surface area contributed by atoms with Crippen LogP contribution in [0.1, 0.15) is 0 Å². The number of benzene rings is 5. The molecule has 2 nitrogen and oxygen atoms in total. The first-order valence-corrected chi connectivity index (χ1v) is 9.43. The van der Waals surface area contributed by atoms with Crippen molar-refractivity contribution in [1.29, 1.82) is 0 Å². The van der Waals surface area contributed by atoms with Gasteiger partial charge in [0.1, 0.15) is 0 Å². The Kier molecular flexibility index (Phi) is 3.20. The van der Waals surface area contributed by atoms with Gasteiger partial charge in [-0.25, -0.2) is 0 Å². The van der Waals surface area contributed by atoms with Crippen LogP contribution in [0, 0.1) is 0 Å². The third kappa shape index (κ3) is 2.21. The molecule has 0 atom stereocenters. The van der Waals surface area contributed by atoms with E-state index in [1.54, 1.807) is 12.4 Å². The lowest BCUT2D eigenvalue weighted by Gasteiger charge is -2.13. The average Bonchev–Trinajstić information content (AvgIpc) is 2.78. The van der Waals surface area contributed by atoms with Crippen molar-refractivity contribution in [2.45, 2.75) is 0 Å². The molecule has 0 saturated carbocycles. The summed E-state index contributed by atoms with van der Waals surface area (Å²) in [6, 6.07) is 30.4. The molecule has 6 aromatic rings. The van der Waals surface area contributed by atoms with Crippen LogP contribution in [0.3, 0.4) is 0 Å². The smallest absolute Gasteiger partial charge is 0.0892 e. The maximum Gasteiger partial charge on any atom is 0.0892 e. The van der Waals surface area contributed by atoms with Crippen molar-refractivity contribution in [2.24, 2.45) is 0 Å². The maximum absolute atomic E-state index is 4.50. The molecule has 0 aliphatic carbocycles. The first kappa shape index (κ1) is 15.3. The number of hydrogen-bond acceptors (Lipinski definition) is 2. The predicted molar refractivity (Wildman–Crippen MR) is 117 cm³/mol. The van der Waals surface area contributed by atoms with Crippen LogP contribution in [0.25, 0.3) is 54.5 Å². The summed E-state index contributed by atoms with van der Waals surface area (Å²) < 4.78 is 0. The molecule has 6 rings (SSSR count). The summed E-state index contributed by atoms with van der Waals surface area (Å²) in [7, 11) is 0. The first-order valence-electron chi connectivity index (χ1n) is 9.43. The standard InChI is InChI=1S/C26H16N2/c1-2-6-19-17(5-1)9-11-22-20-7-3-4-8-21(20)23(16-24(19)22)18-10-12-25-26(15-18)28-14-13-27-25/h1-16H. The van der Waals surface area contributed by atoms with Gasteiger partial charge < -0.3 is 0 Å². The normalized spacial score (nSPS) is 11.6. The molecule has 2 heteroatoms. The predicted octanol–water partition coefficient (Wildman–Crippen LogP) is 6.76. The molecule has 0 spiro atoms. The molecule has 0 bridgehead atoms. The Hall–Kier alpha value is -3.78. The molecule has 130 valence electrons. The van der Waals surface area contributed by atoms with Crippen LogP contribution in [0.15, 0.2) is 97.3 Å². The van der Waals surface area contributed by atoms with Crippen LogP contribution in [0.4, 0.5) is 0 Å². The molecule has 0 aliphatic rings. The van der Waals surface area contributed by atoms with Gasteiger partial charge in [-0.15, -0.1) is 0 Å². The largest absolute Gasteiger partial charge is 0.253 e. The highest BCUT2D eigenvalue weighted by Gasteiger charge is 2.11. The Bertz CT molecular complexity index is 1520. The van der Waals surface area contributed by atoms with E-state index in [4.69, 9.17) is 0 Å². The molecule has 5 aromatic carbocycles. The summed E-state index contributed by atoms with van der Waals surface area (Å²) in [6.07, 6.45) is 3.48. The van der Waals surface area contributed by atoms with Gasteiger partial charge in [-0.2, -0.15) is 0 Å². The average molecular weight is 356 g/mol. The molecule has 0 fully saturated rings. The fourth-order valence-corrected chi connectivity index (χ4v) is 4.23. The maximum atomic E-state index is 4.50. The van der Waals surface area contributed by atoms with Crippen LogP contribution in [-0.2, 0) is 0 Å². The Morgan fingerprint density at radius 2 is 1.18 bits per heavy atom. The van der Waals surface area contributed by atoms with Crippen molar-refractivity contribution in [2.75, 3.05) is 0 Å². The quantitative estimate of drug-likeness (QED) is 0.304. The summed E-state index contributed by atoms with van der Waals surface area (Å²) in [5.74, 6) is 0. The van der Waals surface area contributed by atoms with E-state index in [-0.39, 0.29) is 0 Å². The minimum absolute atomic E-state index is 0.918. The highest BCUT2D eigenvalue weighted by atomic mass is 14.8. The van der Waals surface area contributed by atoms with Gasteiger partial charge in [0.05, 0.1) is 11.0 Å². The number of fused-ring (bicyclic) bond motifs is 6. The topological polar surface area (TPSA) is 25.8 Å². The highest BCUT2D eigenvalue weighted by molar-refractivity contribution is 6.21. The van der Waals surface area contributed by atoms with Gasteiger partial charge in [-0.3, -0.25) is 9.97 Å². The number of nitrogens with zero attached hydrogens (tertiary/aromatic N) is 2. The lowest BCUT2D eigenvalue weighted by molar-refractivity contribution is 1.29. The van der Waals surface area contributed by atoms with E-state index >= 15 is 0 Å². The Labute approximate surface area is 162 Å². The number of hydrogen-bond donors (Lipinski definition) is 0. The summed E-state index contributed by atoms with van der Waals surface area (Å²) >= 11 is 0. The van der Waals surface area contributed by atoms with E-state index in [0.717, 1.165) is 11.0 Å². The first-order chi connectivity index (χ1) is 13.9. The van der Waals surface area contributed by atoms with Crippen LogP contribution in [-0.4, -0.2) is 9.97 Å². The molecular formula is C26H16N2. The molecular weight excluding hydrogens is 340 g/mol. The minimum Gasteiger partial charge on any atom is -0.253 e. The second kappa shape index (κ2) is 5.86. The molecule has 0 N–H and O–H groups in total. The number of rotatable bonds is 1. The third-order valence-electron chi connectivity index (χ3n) is 5.55. The van der Waals surface area contributed by atoms with Crippen molar-refractivity contribution in [3.05, 3.63) is 97.3 Å². The van der Waals surface area contributed by atoms with Crippen molar-refractivity contribution in [1.82, 2.24) is 9.97 Å². The SMILES string of the molecule is c1ccc2c(c1)ccc1c3ccccc3c(-c3ccc4nccnc4c3)cc21. The molecule has 1 heterocycles. The Morgan fingerprint density at radius 1 is 0.464 bits per heavy atom. The zero-order valence-electron chi connectivity index (χ0n) is 15.1. The van der Waals surface area contributed by atoms with Gasteiger partial charge in [0.25, 0.3) is 0 Å². The van der Waals surface area contributed by atoms with E-state index in [1.165, 1.54) is 43.4 Å². The molecule has 0 aliphatic heterocycles. The molecule has 1 aromatic heterocycles. The van der Waals surface area contributed by atoms with Crippen LogP contribution in [0.2, 0.25) is 0 Å². The zero-order chi connectivity index (χ0) is 18.5. The molecule has 0 amide bonds. The summed E-state index contributed by atoms with van der Waals surface area (Å²) in [5.41, 5.74) is 4.23. The molecule has 0 unspecified atom stereocenters. The van der Waals surface area contributed by atoms with Crippen molar-refractivity contribution in [3.63, 3.8) is 0 Å². The van der Waals surface area contributed by atoms with Gasteiger partial charge in [0.2, 0.25) is 0 Å². The minimum atomic E-state index is 0.918. The lowest BCUT2D eigenvalue weighted by Crippen LogP contribution is -1.88. The van der Waals surface area contributed by atoms with Crippen LogP contribution >= 0.6 is 0 Å². The molecule has 28 heavy (non-hydrogen) atoms. The monoisotopic (exact) mass is 356 g/mol. The van der Waals surface area contributed by atoms with Crippen LogP contribution in [0.5, 0.6) is 0 Å². The van der Waals surface area contributed by atoms with E-state index < -0.39 is 0 Å². The van der Waals surface area contributed by atoms with Crippen molar-refractivity contribution in [3.8, 4) is 11.1 Å². The summed E-state index contributed by atoms with van der Waals surface area (Å²) in [6.45, 7) is 0. The van der Waals surface area contributed by atoms with Crippen LogP contribution < -0.4 is 0 Å². The van der Waals surface area contributed by atoms with Gasteiger partial charge in [0, 0.05) is 12.4 Å². The van der Waals surface area contributed by atoms with Gasteiger partial charge in [0.15, 0.2) is 0 Å². The van der Waals surface area contributed by atoms with Gasteiger partial charge in [-0.1, -0.05) is 66.7 Å². The van der Waals surface area contributed by atoms with E-state index in [2.05, 4.69) is 94.9 Å². The van der Waals surface area contributed by atoms with E-state index in [1.807, 2.05) is 0 Å². The summed E-state index contributed by atoms with van der Waals surface area (Å²) in [4.78, 5) is 8.90. The van der Waals surface area contributed by atoms with E-state index in [9.17, 15) is 0 Å². The van der Waals surface area contributed by atoms with Gasteiger partial charge >= 0.3 is 0 Å². The Balaban J connectivity index is 1.78. The third-order valence-corrected chi connectivity index (χ3v) is 5.55. The second-order valence-electron chi connectivity index (χ2n) is 7.11. The van der Waals surface area contributed by atoms with E-state index in [0.29, 0.717) is 0 Å². The fourth-order valence-electron chi connectivity index (χ4n) is 4.23. The van der Waals surface area contributed by atoms with Crippen molar-refractivity contribution >= 4 is 43.4 Å². The van der Waals surface area contributed by atoms with Gasteiger partial charge in [-0.05, 0) is 61.6 Å². The van der Waals surface area contributed by atoms with Crippen molar-refractivity contribution < 1.29 is 0 Å². The number of aromatic nitrogens is 2. The highest BCUT2D eigenvalue weighted by Crippen LogP contribution is 2.38. The molecule has 0 saturated heterocycles. The fraction of sp³-hybridized carbons (Fsp3) is 0. The molecule has 0 radical (unpaired) electrons. The second-order valence-corrected chi connectivity index (χ2v) is 7.11. The summed E-state index contributed by atoms with van der Waals surface area (Å²) in [5, 5.41) is 7.66.